The number of aliphatic hydroxyl groups is 1. The average Bonchev–Trinajstić information content (AvgIpc) is 2.20. The zero-order chi connectivity index (χ0) is 14.1. The molecule has 1 aromatic rings. The van der Waals surface area contributed by atoms with Crippen molar-refractivity contribution in [2.24, 2.45) is 0 Å². The van der Waals surface area contributed by atoms with Crippen molar-refractivity contribution in [3.8, 4) is 0 Å². The van der Waals surface area contributed by atoms with E-state index < -0.39 is 29.2 Å². The lowest BCUT2D eigenvalue weighted by Gasteiger charge is -2.24. The Kier molecular flexibility index (Phi) is 4.21. The number of halogens is 5. The molecule has 100 valence electrons. The van der Waals surface area contributed by atoms with E-state index in [2.05, 4.69) is 0 Å². The van der Waals surface area contributed by atoms with E-state index >= 15 is 0 Å². The number of carbonyl (C=O) groups is 1. The Morgan fingerprint density at radius 1 is 1.39 bits per heavy atom. The first-order valence-corrected chi connectivity index (χ1v) is 5.69. The van der Waals surface area contributed by atoms with Crippen LogP contribution in [0.2, 0.25) is 0 Å². The van der Waals surface area contributed by atoms with E-state index in [0.717, 1.165) is 12.1 Å². The Morgan fingerprint density at radius 3 is 2.39 bits per heavy atom. The van der Waals surface area contributed by atoms with Crippen LogP contribution in [0, 0.1) is 9.39 Å². The van der Waals surface area contributed by atoms with Gasteiger partial charge in [-0.15, -0.1) is 0 Å². The molecule has 3 nitrogen and oxygen atoms in total. The molecule has 1 atom stereocenters. The summed E-state index contributed by atoms with van der Waals surface area (Å²) in [7, 11) is 0. The number of amides is 1. The topological polar surface area (TPSA) is 49.3 Å². The van der Waals surface area contributed by atoms with Gasteiger partial charge in [0.15, 0.2) is 0 Å². The van der Waals surface area contributed by atoms with Crippen molar-refractivity contribution in [1.82, 2.24) is 0 Å². The molecule has 0 saturated carbocycles. The fourth-order valence-corrected chi connectivity index (χ4v) is 1.42. The van der Waals surface area contributed by atoms with Gasteiger partial charge in [0.05, 0.1) is 5.69 Å². The van der Waals surface area contributed by atoms with Gasteiger partial charge in [0.25, 0.3) is 5.91 Å². The molecule has 0 spiro atoms. The zero-order valence-corrected chi connectivity index (χ0v) is 11.1. The third kappa shape index (κ3) is 3.10. The number of hydrogen-bond acceptors (Lipinski definition) is 2. The predicted octanol–water partition coefficient (Wildman–Crippen LogP) is 2.68. The fourth-order valence-electron chi connectivity index (χ4n) is 0.964. The summed E-state index contributed by atoms with van der Waals surface area (Å²) in [5.74, 6) is -2.62. The first kappa shape index (κ1) is 15.2. The van der Waals surface area contributed by atoms with E-state index in [1.165, 1.54) is 6.07 Å². The van der Waals surface area contributed by atoms with Gasteiger partial charge in [0.1, 0.15) is 5.82 Å². The molecule has 8 heteroatoms. The van der Waals surface area contributed by atoms with Gasteiger partial charge in [-0.05, 0) is 47.7 Å². The standard InChI is InChI=1S/C10H8F4INO2/c1-9(18,10(12,13)14)8(17)16-7-3-2-5(15)4-6(7)11/h2-4,18H,1H3,(H,16,17). The van der Waals surface area contributed by atoms with Crippen molar-refractivity contribution in [3.63, 3.8) is 0 Å². The normalized spacial score (nSPS) is 15.1. The van der Waals surface area contributed by atoms with Crippen molar-refractivity contribution in [2.75, 3.05) is 5.32 Å². The van der Waals surface area contributed by atoms with Crippen LogP contribution >= 0.6 is 22.6 Å². The quantitative estimate of drug-likeness (QED) is 0.615. The highest BCUT2D eigenvalue weighted by atomic mass is 127. The molecule has 1 rings (SSSR count). The highest BCUT2D eigenvalue weighted by Crippen LogP contribution is 2.31. The minimum atomic E-state index is -5.14. The summed E-state index contributed by atoms with van der Waals surface area (Å²) in [6.07, 6.45) is -5.14. The molecule has 1 aromatic carbocycles. The van der Waals surface area contributed by atoms with Crippen molar-refractivity contribution in [2.45, 2.75) is 18.7 Å². The second-order valence-electron chi connectivity index (χ2n) is 3.65. The van der Waals surface area contributed by atoms with Gasteiger partial charge in [0, 0.05) is 3.57 Å². The van der Waals surface area contributed by atoms with E-state index in [0.29, 0.717) is 10.5 Å². The molecule has 1 amide bonds. The predicted molar refractivity (Wildman–Crippen MR) is 64.4 cm³/mol. The maximum Gasteiger partial charge on any atom is 0.426 e. The highest BCUT2D eigenvalue weighted by Gasteiger charge is 2.55. The molecule has 0 aliphatic carbocycles. The zero-order valence-electron chi connectivity index (χ0n) is 8.98. The number of carbonyl (C=O) groups excluding carboxylic acids is 1. The number of rotatable bonds is 2. The van der Waals surface area contributed by atoms with Crippen LogP contribution in [0.4, 0.5) is 23.2 Å². The van der Waals surface area contributed by atoms with Crippen LogP contribution in [0.15, 0.2) is 18.2 Å². The molecule has 0 radical (unpaired) electrons. The summed E-state index contributed by atoms with van der Waals surface area (Å²) in [6.45, 7) is 0.299. The molecule has 0 bridgehead atoms. The maximum absolute atomic E-state index is 13.3. The third-order valence-electron chi connectivity index (χ3n) is 2.17. The number of benzene rings is 1. The maximum atomic E-state index is 13.3. The van der Waals surface area contributed by atoms with Crippen molar-refractivity contribution in [3.05, 3.63) is 27.6 Å². The molecule has 18 heavy (non-hydrogen) atoms. The van der Waals surface area contributed by atoms with Crippen LogP contribution in [0.25, 0.3) is 0 Å². The van der Waals surface area contributed by atoms with Gasteiger partial charge >= 0.3 is 6.18 Å². The molecule has 2 N–H and O–H groups in total. The monoisotopic (exact) mass is 377 g/mol. The summed E-state index contributed by atoms with van der Waals surface area (Å²) >= 11 is 1.80. The molecule has 1 unspecified atom stereocenters. The number of hydrogen-bond donors (Lipinski definition) is 2. The first-order valence-electron chi connectivity index (χ1n) is 4.61. The van der Waals surface area contributed by atoms with Crippen LogP contribution in [-0.4, -0.2) is 22.8 Å². The molecular formula is C10H8F4INO2. The van der Waals surface area contributed by atoms with Crippen LogP contribution < -0.4 is 5.32 Å². The smallest absolute Gasteiger partial charge is 0.373 e. The van der Waals surface area contributed by atoms with Crippen molar-refractivity contribution < 1.29 is 27.5 Å². The Labute approximate surface area is 113 Å². The molecule has 0 saturated heterocycles. The number of alkyl halides is 3. The second-order valence-corrected chi connectivity index (χ2v) is 4.89. The van der Waals surface area contributed by atoms with Gasteiger partial charge in [0.2, 0.25) is 5.60 Å². The summed E-state index contributed by atoms with van der Waals surface area (Å²) in [6, 6.07) is 3.56. The van der Waals surface area contributed by atoms with Crippen LogP contribution in [0.5, 0.6) is 0 Å². The van der Waals surface area contributed by atoms with E-state index in [9.17, 15) is 22.4 Å². The lowest BCUT2D eigenvalue weighted by atomic mass is 10.1. The number of anilines is 1. The molecule has 0 aliphatic rings. The Hall–Kier alpha value is -0.900. The largest absolute Gasteiger partial charge is 0.426 e. The lowest BCUT2D eigenvalue weighted by molar-refractivity contribution is -0.242. The summed E-state index contributed by atoms with van der Waals surface area (Å²) in [5.41, 5.74) is -4.01. The van der Waals surface area contributed by atoms with Gasteiger partial charge in [-0.25, -0.2) is 4.39 Å². The Bertz CT molecular complexity index is 473. The molecule has 0 aromatic heterocycles. The van der Waals surface area contributed by atoms with Gasteiger partial charge in [-0.1, -0.05) is 0 Å². The summed E-state index contributed by atoms with van der Waals surface area (Å²) in [5, 5.41) is 10.8. The van der Waals surface area contributed by atoms with E-state index in [1.807, 2.05) is 0 Å². The van der Waals surface area contributed by atoms with Crippen LogP contribution in [0.3, 0.4) is 0 Å². The molecule has 0 heterocycles. The average molecular weight is 377 g/mol. The minimum Gasteiger partial charge on any atom is -0.373 e. The fraction of sp³-hybridized carbons (Fsp3) is 0.300. The summed E-state index contributed by atoms with van der Waals surface area (Å²) in [4.78, 5) is 11.3. The van der Waals surface area contributed by atoms with Crippen molar-refractivity contribution in [1.29, 1.82) is 0 Å². The van der Waals surface area contributed by atoms with E-state index in [-0.39, 0.29) is 0 Å². The van der Waals surface area contributed by atoms with E-state index in [4.69, 9.17) is 5.11 Å². The highest BCUT2D eigenvalue weighted by molar-refractivity contribution is 14.1. The SMILES string of the molecule is CC(O)(C(=O)Nc1ccc(I)cc1F)C(F)(F)F. The third-order valence-corrected chi connectivity index (χ3v) is 2.84. The molecule has 0 aliphatic heterocycles. The summed E-state index contributed by atoms with van der Waals surface area (Å²) < 4.78 is 50.9. The van der Waals surface area contributed by atoms with Crippen LogP contribution in [-0.2, 0) is 4.79 Å². The van der Waals surface area contributed by atoms with Gasteiger partial charge in [-0.2, -0.15) is 13.2 Å². The van der Waals surface area contributed by atoms with Gasteiger partial charge < -0.3 is 10.4 Å². The van der Waals surface area contributed by atoms with Gasteiger partial charge in [-0.3, -0.25) is 4.79 Å². The number of nitrogens with one attached hydrogen (secondary N) is 1. The molecule has 0 fully saturated rings. The Balaban J connectivity index is 2.95. The second kappa shape index (κ2) is 5.00. The minimum absolute atomic E-state index is 0.299. The first-order chi connectivity index (χ1) is 8.05. The van der Waals surface area contributed by atoms with Crippen LogP contribution in [0.1, 0.15) is 6.92 Å². The van der Waals surface area contributed by atoms with E-state index in [1.54, 1.807) is 27.9 Å². The lowest BCUT2D eigenvalue weighted by Crippen LogP contribution is -2.52. The van der Waals surface area contributed by atoms with Crippen molar-refractivity contribution >= 4 is 34.2 Å². The molecular weight excluding hydrogens is 369 g/mol. The Morgan fingerprint density at radius 2 is 1.94 bits per heavy atom.